The van der Waals surface area contributed by atoms with Gasteiger partial charge in [-0.05, 0) is 11.5 Å². The summed E-state index contributed by atoms with van der Waals surface area (Å²) in [6.45, 7) is 0. The van der Waals surface area contributed by atoms with E-state index in [0.717, 1.165) is 0 Å². The lowest BCUT2D eigenvalue weighted by molar-refractivity contribution is -0.114. The quantitative estimate of drug-likeness (QED) is 0.563. The van der Waals surface area contributed by atoms with Crippen LogP contribution in [0.2, 0.25) is 0 Å². The van der Waals surface area contributed by atoms with E-state index in [2.05, 4.69) is 4.40 Å². The Labute approximate surface area is 62.8 Å². The Bertz CT molecular complexity index is 230. The number of carbonyl (C=O) groups is 1. The van der Waals surface area contributed by atoms with Gasteiger partial charge in [-0.15, -0.1) is 0 Å². The van der Waals surface area contributed by atoms with Crippen LogP contribution in [-0.2, 0) is 4.79 Å². The molecule has 0 unspecified atom stereocenters. The van der Waals surface area contributed by atoms with Gasteiger partial charge in [0.05, 0.1) is 5.57 Å². The Balaban J connectivity index is 2.83. The van der Waals surface area contributed by atoms with E-state index in [-0.39, 0.29) is 0 Å². The number of hydrogen-bond donors (Lipinski definition) is 1. The molecule has 1 amide bonds. The second-order valence-electron chi connectivity index (χ2n) is 1.65. The third kappa shape index (κ3) is 1.73. The molecule has 52 valence electrons. The summed E-state index contributed by atoms with van der Waals surface area (Å²) in [6, 6.07) is 0. The van der Waals surface area contributed by atoms with Gasteiger partial charge < -0.3 is 5.73 Å². The molecule has 10 heavy (non-hydrogen) atoms. The molecule has 0 radical (unpaired) electrons. The number of nitrogens with two attached hydrogens (primary N) is 1. The molecule has 1 heterocycles. The maximum atomic E-state index is 10.5. The van der Waals surface area contributed by atoms with Crippen molar-refractivity contribution >= 4 is 24.1 Å². The van der Waals surface area contributed by atoms with E-state index in [9.17, 15) is 4.79 Å². The van der Waals surface area contributed by atoms with Crippen molar-refractivity contribution in [2.75, 3.05) is 0 Å². The molecule has 0 bridgehead atoms. The molecular formula is C6H6N2OS. The number of amides is 1. The molecule has 2 N–H and O–H groups in total. The van der Waals surface area contributed by atoms with Gasteiger partial charge in [-0.3, -0.25) is 4.79 Å². The normalized spacial score (nSPS) is 16.2. The molecule has 0 atom stereocenters. The first-order valence-corrected chi connectivity index (χ1v) is 3.50. The van der Waals surface area contributed by atoms with E-state index >= 15 is 0 Å². The Hall–Kier alpha value is -1.03. The molecule has 1 aliphatic rings. The highest BCUT2D eigenvalue weighted by molar-refractivity contribution is 8.01. The van der Waals surface area contributed by atoms with Gasteiger partial charge in [0.2, 0.25) is 5.91 Å². The highest BCUT2D eigenvalue weighted by atomic mass is 32.2. The molecule has 4 heteroatoms. The molecule has 0 aromatic rings. The lowest BCUT2D eigenvalue weighted by Gasteiger charge is -1.87. The zero-order valence-electron chi connectivity index (χ0n) is 5.15. The lowest BCUT2D eigenvalue weighted by atomic mass is 10.2. The van der Waals surface area contributed by atoms with Gasteiger partial charge in [-0.1, -0.05) is 6.08 Å². The average molecular weight is 154 g/mol. The van der Waals surface area contributed by atoms with Crippen LogP contribution in [0.5, 0.6) is 0 Å². The zero-order chi connectivity index (χ0) is 7.40. The predicted octanol–water partition coefficient (Wildman–Crippen LogP) is 0.644. The summed E-state index contributed by atoms with van der Waals surface area (Å²) in [7, 11) is 0. The Morgan fingerprint density at radius 3 is 3.20 bits per heavy atom. The first-order chi connectivity index (χ1) is 4.80. The lowest BCUT2D eigenvalue weighted by Crippen LogP contribution is -2.14. The Morgan fingerprint density at radius 2 is 2.50 bits per heavy atom. The standard InChI is InChI=1S/C6H6N2OS/c7-6(9)5-2-1-3-10-8-4-5/h1-4H,(H2,7,9). The highest BCUT2D eigenvalue weighted by Crippen LogP contribution is 2.07. The number of rotatable bonds is 1. The third-order valence-electron chi connectivity index (χ3n) is 0.952. The monoisotopic (exact) mass is 154 g/mol. The maximum absolute atomic E-state index is 10.5. The molecule has 0 aliphatic carbocycles. The van der Waals surface area contributed by atoms with Gasteiger partial charge in [0.1, 0.15) is 0 Å². The molecule has 0 saturated heterocycles. The van der Waals surface area contributed by atoms with Crippen molar-refractivity contribution in [2.24, 2.45) is 10.1 Å². The topological polar surface area (TPSA) is 55.5 Å². The molecule has 0 aromatic heterocycles. The number of allylic oxidation sites excluding steroid dienone is 2. The van der Waals surface area contributed by atoms with Crippen LogP contribution in [0.15, 0.2) is 27.5 Å². The van der Waals surface area contributed by atoms with Gasteiger partial charge in [0.25, 0.3) is 0 Å². The third-order valence-corrected chi connectivity index (χ3v) is 1.46. The minimum absolute atomic E-state index is 0.432. The summed E-state index contributed by atoms with van der Waals surface area (Å²) >= 11 is 1.27. The van der Waals surface area contributed by atoms with E-state index in [1.807, 2.05) is 0 Å². The van der Waals surface area contributed by atoms with E-state index in [1.54, 1.807) is 17.6 Å². The molecule has 1 rings (SSSR count). The summed E-state index contributed by atoms with van der Waals surface area (Å²) in [6.07, 6.45) is 4.82. The molecule has 0 saturated carbocycles. The first-order valence-electron chi connectivity index (χ1n) is 2.66. The molecule has 0 spiro atoms. The van der Waals surface area contributed by atoms with Crippen molar-refractivity contribution in [1.29, 1.82) is 0 Å². The number of hydrogen-bond acceptors (Lipinski definition) is 3. The molecular weight excluding hydrogens is 148 g/mol. The van der Waals surface area contributed by atoms with Crippen molar-refractivity contribution in [3.8, 4) is 0 Å². The molecule has 0 fully saturated rings. The van der Waals surface area contributed by atoms with Crippen LogP contribution in [0.3, 0.4) is 0 Å². The van der Waals surface area contributed by atoms with Gasteiger partial charge in [0, 0.05) is 18.2 Å². The van der Waals surface area contributed by atoms with Crippen LogP contribution in [0.1, 0.15) is 0 Å². The second kappa shape index (κ2) is 3.22. The van der Waals surface area contributed by atoms with Crippen molar-refractivity contribution < 1.29 is 4.79 Å². The van der Waals surface area contributed by atoms with Crippen LogP contribution >= 0.6 is 11.9 Å². The Kier molecular flexibility index (Phi) is 2.28. The van der Waals surface area contributed by atoms with Crippen molar-refractivity contribution in [1.82, 2.24) is 0 Å². The van der Waals surface area contributed by atoms with Crippen LogP contribution in [0.4, 0.5) is 0 Å². The van der Waals surface area contributed by atoms with Gasteiger partial charge in [-0.2, -0.15) is 0 Å². The number of primary amides is 1. The summed E-state index contributed by atoms with van der Waals surface area (Å²) in [4.78, 5) is 10.5. The van der Waals surface area contributed by atoms with Crippen molar-refractivity contribution in [3.63, 3.8) is 0 Å². The average Bonchev–Trinajstić information content (AvgIpc) is 2.12. The largest absolute Gasteiger partial charge is 0.366 e. The van der Waals surface area contributed by atoms with Gasteiger partial charge in [0.15, 0.2) is 0 Å². The zero-order valence-corrected chi connectivity index (χ0v) is 5.97. The van der Waals surface area contributed by atoms with Crippen molar-refractivity contribution in [3.05, 3.63) is 23.1 Å². The summed E-state index contributed by atoms with van der Waals surface area (Å²) in [5.74, 6) is -0.448. The highest BCUT2D eigenvalue weighted by Gasteiger charge is 1.99. The molecule has 3 nitrogen and oxygen atoms in total. The van der Waals surface area contributed by atoms with E-state index in [4.69, 9.17) is 5.73 Å². The molecule has 0 aromatic carbocycles. The number of nitrogens with zero attached hydrogens (tertiary/aromatic N) is 1. The Morgan fingerprint density at radius 1 is 1.70 bits per heavy atom. The van der Waals surface area contributed by atoms with Gasteiger partial charge in [-0.25, -0.2) is 4.40 Å². The van der Waals surface area contributed by atoms with Crippen LogP contribution in [-0.4, -0.2) is 12.1 Å². The SMILES string of the molecule is NC(=O)C1=CC=CSN=C1. The van der Waals surface area contributed by atoms with Crippen LogP contribution in [0.25, 0.3) is 0 Å². The first kappa shape index (κ1) is 7.08. The minimum atomic E-state index is -0.448. The van der Waals surface area contributed by atoms with Crippen molar-refractivity contribution in [2.45, 2.75) is 0 Å². The summed E-state index contributed by atoms with van der Waals surface area (Å²) in [5, 5.41) is 1.77. The second-order valence-corrected chi connectivity index (χ2v) is 2.35. The van der Waals surface area contributed by atoms with Gasteiger partial charge >= 0.3 is 0 Å². The van der Waals surface area contributed by atoms with E-state index in [0.29, 0.717) is 5.57 Å². The smallest absolute Gasteiger partial charge is 0.250 e. The van der Waals surface area contributed by atoms with E-state index < -0.39 is 5.91 Å². The fraction of sp³-hybridized carbons (Fsp3) is 0. The fourth-order valence-electron chi connectivity index (χ4n) is 0.489. The predicted molar refractivity (Wildman–Crippen MR) is 42.5 cm³/mol. The maximum Gasteiger partial charge on any atom is 0.250 e. The van der Waals surface area contributed by atoms with Crippen LogP contribution in [0, 0.1) is 0 Å². The van der Waals surface area contributed by atoms with Crippen LogP contribution < -0.4 is 5.73 Å². The fourth-order valence-corrected chi connectivity index (χ4v) is 0.883. The van der Waals surface area contributed by atoms with E-state index in [1.165, 1.54) is 18.2 Å². The summed E-state index contributed by atoms with van der Waals surface area (Å²) in [5.41, 5.74) is 5.43. The molecule has 1 aliphatic heterocycles. The number of carbonyl (C=O) groups excluding carboxylic acids is 1. The summed E-state index contributed by atoms with van der Waals surface area (Å²) < 4.78 is 3.81. The minimum Gasteiger partial charge on any atom is -0.366 e.